The van der Waals surface area contributed by atoms with E-state index in [1.54, 1.807) is 6.92 Å². The van der Waals surface area contributed by atoms with Crippen molar-refractivity contribution in [2.45, 2.75) is 13.3 Å². The lowest BCUT2D eigenvalue weighted by Crippen LogP contribution is -2.32. The Morgan fingerprint density at radius 3 is 2.09 bits per heavy atom. The van der Waals surface area contributed by atoms with Crippen LogP contribution in [0.15, 0.2) is 0 Å². The van der Waals surface area contributed by atoms with Crippen LogP contribution < -0.4 is 0 Å². The van der Waals surface area contributed by atoms with Crippen molar-refractivity contribution in [2.24, 2.45) is 0 Å². The summed E-state index contributed by atoms with van der Waals surface area (Å²) >= 11 is -2.68. The van der Waals surface area contributed by atoms with Crippen LogP contribution in [0.2, 0.25) is 0 Å². The predicted molar refractivity (Wildman–Crippen MR) is 40.8 cm³/mol. The van der Waals surface area contributed by atoms with Gasteiger partial charge in [-0.15, -0.1) is 3.71 Å². The maximum Gasteiger partial charge on any atom is 0.221 e. The first-order valence-electron chi connectivity index (χ1n) is 2.96. The predicted octanol–water partition coefficient (Wildman–Crippen LogP) is -0.548. The van der Waals surface area contributed by atoms with Gasteiger partial charge in [0.15, 0.2) is 0 Å². The molecule has 0 heterocycles. The van der Waals surface area contributed by atoms with Gasteiger partial charge in [-0.3, -0.25) is 4.21 Å². The van der Waals surface area contributed by atoms with Crippen molar-refractivity contribution in [1.82, 2.24) is 3.71 Å². The molecule has 5 nitrogen and oxygen atoms in total. The summed E-state index contributed by atoms with van der Waals surface area (Å²) < 4.78 is 42.4. The summed E-state index contributed by atoms with van der Waals surface area (Å²) in [6, 6.07) is 0. The Morgan fingerprint density at radius 1 is 1.55 bits per heavy atom. The van der Waals surface area contributed by atoms with Crippen LogP contribution >= 0.6 is 0 Å². The Hall–Kier alpha value is 0.0200. The zero-order chi connectivity index (χ0) is 9.07. The highest BCUT2D eigenvalue weighted by molar-refractivity contribution is 7.98. The number of rotatable bonds is 4. The molecule has 0 radical (unpaired) electrons. The molecule has 0 aromatic rings. The summed E-state index contributed by atoms with van der Waals surface area (Å²) in [5.74, 6) is 0. The van der Waals surface area contributed by atoms with Crippen LogP contribution in [0.1, 0.15) is 13.3 Å². The zero-order valence-electron chi connectivity index (χ0n) is 6.31. The number of hydrogen-bond donors (Lipinski definition) is 0. The van der Waals surface area contributed by atoms with E-state index in [0.717, 1.165) is 6.26 Å². The topological polar surface area (TPSA) is 77.5 Å². The SMILES string of the molecule is CCCN(S(=O)[O-])S(C)(=O)=O. The average Bonchev–Trinajstić information content (AvgIpc) is 1.79. The first kappa shape index (κ1) is 11.0. The quantitative estimate of drug-likeness (QED) is 0.570. The smallest absolute Gasteiger partial charge is 0.221 e. The number of sulfonamides is 1. The van der Waals surface area contributed by atoms with Crippen LogP contribution in [0.25, 0.3) is 0 Å². The van der Waals surface area contributed by atoms with E-state index in [0.29, 0.717) is 10.1 Å². The van der Waals surface area contributed by atoms with Gasteiger partial charge in [0, 0.05) is 17.8 Å². The van der Waals surface area contributed by atoms with Crippen LogP contribution in [-0.2, 0) is 21.3 Å². The minimum absolute atomic E-state index is 0.00887. The fourth-order valence-corrected chi connectivity index (χ4v) is 2.26. The second kappa shape index (κ2) is 4.15. The summed E-state index contributed by atoms with van der Waals surface area (Å²) in [6.07, 6.45) is 1.33. The van der Waals surface area contributed by atoms with Gasteiger partial charge in [0.05, 0.1) is 6.26 Å². The van der Waals surface area contributed by atoms with Crippen molar-refractivity contribution in [2.75, 3.05) is 12.8 Å². The van der Waals surface area contributed by atoms with Gasteiger partial charge >= 0.3 is 0 Å². The van der Waals surface area contributed by atoms with Gasteiger partial charge in [-0.2, -0.15) is 0 Å². The number of nitrogens with zero attached hydrogens (tertiary/aromatic N) is 1. The molecule has 0 N–H and O–H groups in total. The first-order chi connectivity index (χ1) is 4.89. The number of hydrogen-bond acceptors (Lipinski definition) is 4. The maximum absolute atomic E-state index is 10.7. The summed E-state index contributed by atoms with van der Waals surface area (Å²) in [6.45, 7) is 1.71. The summed E-state index contributed by atoms with van der Waals surface area (Å²) in [7, 11) is -3.61. The molecule has 7 heteroatoms. The Kier molecular flexibility index (Phi) is 4.16. The third-order valence-electron chi connectivity index (χ3n) is 0.942. The van der Waals surface area contributed by atoms with E-state index >= 15 is 0 Å². The van der Waals surface area contributed by atoms with Gasteiger partial charge in [-0.1, -0.05) is 6.92 Å². The Bertz CT molecular complexity index is 234. The first-order valence-corrected chi connectivity index (χ1v) is 5.84. The fraction of sp³-hybridized carbons (Fsp3) is 1.00. The molecule has 0 amide bonds. The van der Waals surface area contributed by atoms with E-state index in [1.165, 1.54) is 0 Å². The van der Waals surface area contributed by atoms with Crippen molar-refractivity contribution in [3.8, 4) is 0 Å². The fourth-order valence-electron chi connectivity index (χ4n) is 0.533. The normalized spacial score (nSPS) is 15.3. The summed E-state index contributed by atoms with van der Waals surface area (Å²) in [5, 5.41) is 0. The average molecular weight is 200 g/mol. The highest BCUT2D eigenvalue weighted by Crippen LogP contribution is 2.01. The highest BCUT2D eigenvalue weighted by atomic mass is 32.3. The van der Waals surface area contributed by atoms with Gasteiger partial charge < -0.3 is 4.55 Å². The monoisotopic (exact) mass is 200 g/mol. The van der Waals surface area contributed by atoms with Gasteiger partial charge in [0.2, 0.25) is 10.0 Å². The second-order valence-electron chi connectivity index (χ2n) is 2.01. The molecule has 0 fully saturated rings. The molecule has 11 heavy (non-hydrogen) atoms. The highest BCUT2D eigenvalue weighted by Gasteiger charge is 2.15. The largest absolute Gasteiger partial charge is 0.759 e. The maximum atomic E-state index is 10.7. The molecule has 1 unspecified atom stereocenters. The Labute approximate surface area is 68.9 Å². The van der Waals surface area contributed by atoms with Gasteiger partial charge in [-0.25, -0.2) is 8.42 Å². The van der Waals surface area contributed by atoms with E-state index in [2.05, 4.69) is 0 Å². The van der Waals surface area contributed by atoms with E-state index in [-0.39, 0.29) is 6.54 Å². The van der Waals surface area contributed by atoms with Crippen LogP contribution in [0.5, 0.6) is 0 Å². The van der Waals surface area contributed by atoms with E-state index < -0.39 is 21.3 Å². The molecule has 0 saturated heterocycles. The minimum Gasteiger partial charge on any atom is -0.759 e. The minimum atomic E-state index is -3.61. The van der Waals surface area contributed by atoms with Crippen LogP contribution in [0.4, 0.5) is 0 Å². The molecule has 0 aromatic carbocycles. The van der Waals surface area contributed by atoms with E-state index in [1.807, 2.05) is 0 Å². The Balaban J connectivity index is 4.49. The molecule has 0 saturated carbocycles. The van der Waals surface area contributed by atoms with Crippen LogP contribution in [-0.4, -0.2) is 33.7 Å². The molecule has 0 aliphatic rings. The van der Waals surface area contributed by atoms with Crippen molar-refractivity contribution in [1.29, 1.82) is 0 Å². The Morgan fingerprint density at radius 2 is 2.00 bits per heavy atom. The van der Waals surface area contributed by atoms with Crippen molar-refractivity contribution in [3.63, 3.8) is 0 Å². The standard InChI is InChI=1S/C4H11NO4S2/c1-3-4-5(10(6)7)11(2,8)9/h3-4H2,1-2H3,(H,6,7)/p-1. The molecule has 0 spiro atoms. The summed E-state index contributed by atoms with van der Waals surface area (Å²) in [4.78, 5) is 0. The lowest BCUT2D eigenvalue weighted by Gasteiger charge is -2.20. The van der Waals surface area contributed by atoms with Crippen LogP contribution in [0, 0.1) is 0 Å². The molecule has 0 rings (SSSR count). The van der Waals surface area contributed by atoms with Crippen LogP contribution in [0.3, 0.4) is 0 Å². The zero-order valence-corrected chi connectivity index (χ0v) is 7.94. The molecule has 68 valence electrons. The molecule has 0 aliphatic carbocycles. The lowest BCUT2D eigenvalue weighted by atomic mass is 10.5. The molecular formula is C4H10NO4S2-. The van der Waals surface area contributed by atoms with Gasteiger partial charge in [-0.05, 0) is 6.42 Å². The molecule has 0 aliphatic heterocycles. The summed E-state index contributed by atoms with van der Waals surface area (Å²) in [5.41, 5.74) is 0. The lowest BCUT2D eigenvalue weighted by molar-refractivity contribution is 0.465. The molecular weight excluding hydrogens is 190 g/mol. The molecule has 0 bridgehead atoms. The van der Waals surface area contributed by atoms with Crippen molar-refractivity contribution < 1.29 is 17.2 Å². The van der Waals surface area contributed by atoms with Crippen molar-refractivity contribution >= 4 is 21.3 Å². The van der Waals surface area contributed by atoms with Gasteiger partial charge in [0.1, 0.15) is 0 Å². The van der Waals surface area contributed by atoms with Crippen molar-refractivity contribution in [3.05, 3.63) is 0 Å². The second-order valence-corrected chi connectivity index (χ2v) is 5.02. The third kappa shape index (κ3) is 3.80. The van der Waals surface area contributed by atoms with Gasteiger partial charge in [0.25, 0.3) is 0 Å². The molecule has 0 aromatic heterocycles. The third-order valence-corrected chi connectivity index (χ3v) is 3.56. The molecule has 1 atom stereocenters. The van der Waals surface area contributed by atoms with E-state index in [9.17, 15) is 17.2 Å². The van der Waals surface area contributed by atoms with E-state index in [4.69, 9.17) is 0 Å².